The van der Waals surface area contributed by atoms with Crippen molar-refractivity contribution in [2.45, 2.75) is 16.2 Å². The number of rotatable bonds is 6. The second-order valence-electron chi connectivity index (χ2n) is 5.56. The molecule has 0 atom stereocenters. The smallest absolute Gasteiger partial charge is 0.404 e. The van der Waals surface area contributed by atoms with E-state index in [4.69, 9.17) is 5.11 Å². The number of thiophene rings is 1. The number of pyridine rings is 1. The molecular formula is C18H15FN2O4S2. The monoisotopic (exact) mass is 406 g/mol. The van der Waals surface area contributed by atoms with Crippen molar-refractivity contribution < 1.29 is 22.7 Å². The number of benzene rings is 1. The van der Waals surface area contributed by atoms with Crippen molar-refractivity contribution in [3.63, 3.8) is 0 Å². The Bertz CT molecular complexity index is 1070. The van der Waals surface area contributed by atoms with Crippen molar-refractivity contribution in [2.75, 3.05) is 6.54 Å². The minimum atomic E-state index is -3.91. The van der Waals surface area contributed by atoms with Crippen LogP contribution in [-0.4, -0.2) is 31.1 Å². The summed E-state index contributed by atoms with van der Waals surface area (Å²) in [5.41, 5.74) is 0.183. The summed E-state index contributed by atoms with van der Waals surface area (Å²) in [5, 5.41) is 10.9. The number of amides is 1. The largest absolute Gasteiger partial charge is 0.465 e. The van der Waals surface area contributed by atoms with Crippen LogP contribution in [0.3, 0.4) is 0 Å². The third-order valence-electron chi connectivity index (χ3n) is 3.75. The molecule has 9 heteroatoms. The first-order valence-corrected chi connectivity index (χ1v) is 10.2. The van der Waals surface area contributed by atoms with E-state index >= 15 is 0 Å². The fourth-order valence-corrected chi connectivity index (χ4v) is 5.47. The van der Waals surface area contributed by atoms with E-state index in [0.717, 1.165) is 11.3 Å². The van der Waals surface area contributed by atoms with Gasteiger partial charge in [-0.1, -0.05) is 18.2 Å². The number of hydrogen-bond donors (Lipinski definition) is 2. The molecule has 0 bridgehead atoms. The van der Waals surface area contributed by atoms with Crippen LogP contribution < -0.4 is 5.32 Å². The van der Waals surface area contributed by atoms with Crippen molar-refractivity contribution in [2.24, 2.45) is 0 Å². The van der Waals surface area contributed by atoms with Crippen molar-refractivity contribution in [1.82, 2.24) is 10.3 Å². The molecule has 1 amide bonds. The van der Waals surface area contributed by atoms with E-state index in [1.54, 1.807) is 6.07 Å². The molecule has 3 aromatic rings. The van der Waals surface area contributed by atoms with E-state index in [-0.39, 0.29) is 26.8 Å². The van der Waals surface area contributed by atoms with E-state index in [2.05, 4.69) is 10.3 Å². The van der Waals surface area contributed by atoms with Crippen molar-refractivity contribution in [3.8, 4) is 10.4 Å². The topological polar surface area (TPSA) is 96.4 Å². The minimum absolute atomic E-state index is 0.00982. The van der Waals surface area contributed by atoms with Crippen LogP contribution >= 0.6 is 11.3 Å². The van der Waals surface area contributed by atoms with E-state index in [1.807, 2.05) is 0 Å². The molecule has 6 nitrogen and oxygen atoms in total. The number of carboxylic acid groups (broad SMARTS) is 1. The molecule has 3 rings (SSSR count). The highest BCUT2D eigenvalue weighted by Gasteiger charge is 2.26. The van der Waals surface area contributed by atoms with E-state index < -0.39 is 21.7 Å². The van der Waals surface area contributed by atoms with Crippen LogP contribution in [0, 0.1) is 5.82 Å². The van der Waals surface area contributed by atoms with Gasteiger partial charge in [-0.15, -0.1) is 11.3 Å². The maximum atomic E-state index is 14.3. The second-order valence-corrected chi connectivity index (χ2v) is 8.61. The number of sulfone groups is 1. The molecule has 2 heterocycles. The summed E-state index contributed by atoms with van der Waals surface area (Å²) in [7, 11) is -3.91. The molecule has 140 valence electrons. The maximum absolute atomic E-state index is 14.3. The molecule has 2 N–H and O–H groups in total. The molecule has 0 radical (unpaired) electrons. The molecule has 2 aromatic heterocycles. The Labute approximate surface area is 159 Å². The molecule has 0 aliphatic heterocycles. The quantitative estimate of drug-likeness (QED) is 0.652. The summed E-state index contributed by atoms with van der Waals surface area (Å²) in [6, 6.07) is 10.3. The lowest BCUT2D eigenvalue weighted by molar-refractivity contribution is 0.194. The SMILES string of the molecule is O=C(O)NCCc1cc(S(=O)(=O)c2cccnc2)c(-c2ccccc2F)s1. The lowest BCUT2D eigenvalue weighted by Crippen LogP contribution is -2.22. The zero-order valence-electron chi connectivity index (χ0n) is 13.9. The van der Waals surface area contributed by atoms with E-state index in [9.17, 15) is 17.6 Å². The summed E-state index contributed by atoms with van der Waals surface area (Å²) in [6.45, 7) is 0.124. The number of hydrogen-bond acceptors (Lipinski definition) is 5. The van der Waals surface area contributed by atoms with Gasteiger partial charge in [0.1, 0.15) is 5.82 Å². The summed E-state index contributed by atoms with van der Waals surface area (Å²) in [5.74, 6) is -0.530. The Balaban J connectivity index is 2.10. The molecule has 0 spiro atoms. The van der Waals surface area contributed by atoms with Gasteiger partial charge in [0.05, 0.1) is 14.7 Å². The third-order valence-corrected chi connectivity index (χ3v) is 6.87. The van der Waals surface area contributed by atoms with Gasteiger partial charge < -0.3 is 10.4 Å². The van der Waals surface area contributed by atoms with Crippen LogP contribution in [0.5, 0.6) is 0 Å². The third kappa shape index (κ3) is 4.15. The predicted molar refractivity (Wildman–Crippen MR) is 99.1 cm³/mol. The lowest BCUT2D eigenvalue weighted by atomic mass is 10.2. The highest BCUT2D eigenvalue weighted by Crippen LogP contribution is 2.39. The zero-order valence-corrected chi connectivity index (χ0v) is 15.6. The van der Waals surface area contributed by atoms with Gasteiger partial charge in [0.15, 0.2) is 0 Å². The molecule has 0 fully saturated rings. The maximum Gasteiger partial charge on any atom is 0.404 e. The van der Waals surface area contributed by atoms with Gasteiger partial charge in [-0.05, 0) is 30.7 Å². The first kappa shape index (κ1) is 19.0. The van der Waals surface area contributed by atoms with E-state index in [0.29, 0.717) is 11.3 Å². The number of carbonyl (C=O) groups is 1. The fourth-order valence-electron chi connectivity index (χ4n) is 2.50. The van der Waals surface area contributed by atoms with Gasteiger partial charge in [0, 0.05) is 29.4 Å². The van der Waals surface area contributed by atoms with Gasteiger partial charge >= 0.3 is 6.09 Å². The van der Waals surface area contributed by atoms with Crippen LogP contribution in [-0.2, 0) is 16.3 Å². The molecule has 0 unspecified atom stereocenters. The Hall–Kier alpha value is -2.78. The highest BCUT2D eigenvalue weighted by molar-refractivity contribution is 7.91. The summed E-state index contributed by atoms with van der Waals surface area (Å²) in [6.07, 6.45) is 1.84. The molecule has 0 saturated carbocycles. The van der Waals surface area contributed by atoms with Gasteiger partial charge in [-0.25, -0.2) is 17.6 Å². The van der Waals surface area contributed by atoms with Gasteiger partial charge in [0.2, 0.25) is 9.84 Å². The lowest BCUT2D eigenvalue weighted by Gasteiger charge is -2.06. The predicted octanol–water partition coefficient (Wildman–Crippen LogP) is 3.59. The normalized spacial score (nSPS) is 11.3. The first-order valence-electron chi connectivity index (χ1n) is 7.89. The van der Waals surface area contributed by atoms with Crippen LogP contribution in [0.1, 0.15) is 4.88 Å². The van der Waals surface area contributed by atoms with Crippen molar-refractivity contribution >= 4 is 27.3 Å². The fraction of sp³-hybridized carbons (Fsp3) is 0.111. The molecule has 0 saturated heterocycles. The Morgan fingerprint density at radius 2 is 2.00 bits per heavy atom. The number of nitrogens with one attached hydrogen (secondary N) is 1. The van der Waals surface area contributed by atoms with Gasteiger partial charge in [-0.2, -0.15) is 0 Å². The van der Waals surface area contributed by atoms with Gasteiger partial charge in [-0.3, -0.25) is 4.98 Å². The van der Waals surface area contributed by atoms with Crippen LogP contribution in [0.4, 0.5) is 9.18 Å². The Kier molecular flexibility index (Phi) is 5.52. The number of nitrogens with zero attached hydrogens (tertiary/aromatic N) is 1. The standard InChI is InChI=1S/C18H15FN2O4S2/c19-15-6-2-1-5-14(15)17-16(10-12(26-17)7-9-21-18(22)23)27(24,25)13-4-3-8-20-11-13/h1-6,8,10-11,21H,7,9H2,(H,22,23). The van der Waals surface area contributed by atoms with Crippen LogP contribution in [0.25, 0.3) is 10.4 Å². The number of halogens is 1. The summed E-state index contributed by atoms with van der Waals surface area (Å²) < 4.78 is 40.5. The Morgan fingerprint density at radius 3 is 2.67 bits per heavy atom. The van der Waals surface area contributed by atoms with E-state index in [1.165, 1.54) is 48.8 Å². The summed E-state index contributed by atoms with van der Waals surface area (Å²) in [4.78, 5) is 15.4. The number of aromatic nitrogens is 1. The zero-order chi connectivity index (χ0) is 19.4. The minimum Gasteiger partial charge on any atom is -0.465 e. The molecular weight excluding hydrogens is 391 g/mol. The second kappa shape index (κ2) is 7.85. The van der Waals surface area contributed by atoms with Crippen LogP contribution in [0.2, 0.25) is 0 Å². The Morgan fingerprint density at radius 1 is 1.22 bits per heavy atom. The first-order chi connectivity index (χ1) is 12.9. The molecule has 0 aliphatic carbocycles. The average Bonchev–Trinajstić information content (AvgIpc) is 3.07. The molecule has 27 heavy (non-hydrogen) atoms. The van der Waals surface area contributed by atoms with Gasteiger partial charge in [0.25, 0.3) is 0 Å². The summed E-state index contributed by atoms with van der Waals surface area (Å²) >= 11 is 1.13. The highest BCUT2D eigenvalue weighted by atomic mass is 32.2. The van der Waals surface area contributed by atoms with Crippen LogP contribution in [0.15, 0.2) is 64.6 Å². The average molecular weight is 406 g/mol. The van der Waals surface area contributed by atoms with Crippen molar-refractivity contribution in [3.05, 3.63) is 65.6 Å². The van der Waals surface area contributed by atoms with Crippen molar-refractivity contribution in [1.29, 1.82) is 0 Å². The molecule has 0 aliphatic rings. The molecule has 1 aromatic carbocycles.